The molecule has 0 unspecified atom stereocenters. The fraction of sp³-hybridized carbons (Fsp3) is 0.333. The Hall–Kier alpha value is -1.78. The average Bonchev–Trinajstić information content (AvgIpc) is 2.17. The molecule has 0 aromatic rings. The molecule has 0 saturated heterocycles. The van der Waals surface area contributed by atoms with E-state index in [1.54, 1.807) is 0 Å². The lowest BCUT2D eigenvalue weighted by molar-refractivity contribution is -0.139. The van der Waals surface area contributed by atoms with Crippen molar-refractivity contribution in [2.75, 3.05) is 14.2 Å². The molecular weight excluding hydrogens is 186 g/mol. The number of hydrogen-bond acceptors (Lipinski definition) is 5. The van der Waals surface area contributed by atoms with Gasteiger partial charge in [0.05, 0.1) is 20.6 Å². The third-order valence-corrected chi connectivity index (χ3v) is 1.34. The van der Waals surface area contributed by atoms with Gasteiger partial charge >= 0.3 is 11.9 Å². The van der Waals surface area contributed by atoms with Gasteiger partial charge in [0.1, 0.15) is 0 Å². The molecule has 0 aliphatic rings. The molecule has 0 atom stereocenters. The zero-order valence-electron chi connectivity index (χ0n) is 8.20. The number of rotatable bonds is 5. The summed E-state index contributed by atoms with van der Waals surface area (Å²) in [5.74, 6) is -0.993. The van der Waals surface area contributed by atoms with Crippen molar-refractivity contribution in [1.29, 1.82) is 0 Å². The van der Waals surface area contributed by atoms with Crippen molar-refractivity contribution in [1.82, 2.24) is 5.32 Å². The normalized spacial score (nSPS) is 10.3. The zero-order valence-corrected chi connectivity index (χ0v) is 8.20. The highest BCUT2D eigenvalue weighted by molar-refractivity contribution is 5.84. The summed E-state index contributed by atoms with van der Waals surface area (Å²) in [7, 11) is 2.52. The molecule has 0 aliphatic carbocycles. The highest BCUT2D eigenvalue weighted by Gasteiger charge is 2.06. The minimum absolute atomic E-state index is 0.0301. The SMILES string of the molecule is C=CN/C(=C\C(=O)OC)CC(=O)OC. The molecule has 78 valence electrons. The van der Waals surface area contributed by atoms with Crippen LogP contribution in [0.25, 0.3) is 0 Å². The molecule has 0 rings (SSSR count). The Balaban J connectivity index is 4.42. The Bertz CT molecular complexity index is 258. The Morgan fingerprint density at radius 3 is 2.43 bits per heavy atom. The molecule has 5 heteroatoms. The van der Waals surface area contributed by atoms with E-state index in [2.05, 4.69) is 21.4 Å². The average molecular weight is 199 g/mol. The third-order valence-electron chi connectivity index (χ3n) is 1.34. The Morgan fingerprint density at radius 1 is 1.36 bits per heavy atom. The van der Waals surface area contributed by atoms with Crippen LogP contribution >= 0.6 is 0 Å². The molecule has 0 bridgehead atoms. The molecule has 0 aromatic carbocycles. The van der Waals surface area contributed by atoms with Crippen LogP contribution in [0, 0.1) is 0 Å². The smallest absolute Gasteiger partial charge is 0.332 e. The number of nitrogens with one attached hydrogen (secondary N) is 1. The van der Waals surface area contributed by atoms with Crippen LogP contribution in [-0.4, -0.2) is 26.2 Å². The summed E-state index contributed by atoms with van der Waals surface area (Å²) in [6.45, 7) is 3.41. The molecule has 0 saturated carbocycles. The molecule has 1 N–H and O–H groups in total. The second kappa shape index (κ2) is 6.71. The molecule has 0 radical (unpaired) electrons. The molecule has 0 aromatic heterocycles. The Labute approximate surface area is 82.4 Å². The van der Waals surface area contributed by atoms with Crippen LogP contribution in [0.15, 0.2) is 24.6 Å². The van der Waals surface area contributed by atoms with Crippen LogP contribution in [-0.2, 0) is 19.1 Å². The van der Waals surface area contributed by atoms with Crippen LogP contribution in [0.3, 0.4) is 0 Å². The first-order chi connectivity index (χ1) is 6.63. The van der Waals surface area contributed by atoms with Crippen LogP contribution < -0.4 is 5.32 Å². The van der Waals surface area contributed by atoms with Gasteiger partial charge in [0.15, 0.2) is 0 Å². The number of esters is 2. The molecule has 5 nitrogen and oxygen atoms in total. The topological polar surface area (TPSA) is 64.6 Å². The van der Waals surface area contributed by atoms with Crippen molar-refractivity contribution in [3.63, 3.8) is 0 Å². The molecule has 0 fully saturated rings. The molecule has 14 heavy (non-hydrogen) atoms. The standard InChI is InChI=1S/C9H13NO4/c1-4-10-7(5-8(11)13-2)6-9(12)14-3/h4-5,10H,1,6H2,2-3H3/b7-5-. The number of carbonyl (C=O) groups is 2. The van der Waals surface area contributed by atoms with Gasteiger partial charge in [-0.3, -0.25) is 4.79 Å². The Kier molecular flexibility index (Phi) is 5.85. The van der Waals surface area contributed by atoms with E-state index in [1.807, 2.05) is 0 Å². The van der Waals surface area contributed by atoms with Gasteiger partial charge in [-0.1, -0.05) is 6.58 Å². The summed E-state index contributed by atoms with van der Waals surface area (Å²) in [6, 6.07) is 0. The maximum Gasteiger partial charge on any atom is 0.332 e. The van der Waals surface area contributed by atoms with Crippen molar-refractivity contribution in [2.45, 2.75) is 6.42 Å². The van der Waals surface area contributed by atoms with E-state index in [1.165, 1.54) is 26.5 Å². The van der Waals surface area contributed by atoms with Gasteiger partial charge < -0.3 is 14.8 Å². The van der Waals surface area contributed by atoms with E-state index in [0.29, 0.717) is 5.70 Å². The first-order valence-corrected chi connectivity index (χ1v) is 3.86. The highest BCUT2D eigenvalue weighted by atomic mass is 16.5. The van der Waals surface area contributed by atoms with Gasteiger partial charge in [-0.25, -0.2) is 4.79 Å². The number of carbonyl (C=O) groups excluding carboxylic acids is 2. The van der Waals surface area contributed by atoms with Crippen LogP contribution in [0.5, 0.6) is 0 Å². The van der Waals surface area contributed by atoms with Gasteiger partial charge in [0, 0.05) is 11.8 Å². The van der Waals surface area contributed by atoms with Crippen molar-refractivity contribution >= 4 is 11.9 Å². The van der Waals surface area contributed by atoms with Gasteiger partial charge in [0.25, 0.3) is 0 Å². The monoisotopic (exact) mass is 199 g/mol. The lowest BCUT2D eigenvalue weighted by Crippen LogP contribution is -2.13. The quantitative estimate of drug-likeness (QED) is 0.511. The fourth-order valence-corrected chi connectivity index (χ4v) is 0.704. The minimum atomic E-state index is -0.543. The van der Waals surface area contributed by atoms with E-state index < -0.39 is 11.9 Å². The van der Waals surface area contributed by atoms with Gasteiger partial charge in [0.2, 0.25) is 0 Å². The lowest BCUT2D eigenvalue weighted by Gasteiger charge is -2.04. The number of hydrogen-bond donors (Lipinski definition) is 1. The predicted molar refractivity (Wildman–Crippen MR) is 50.1 cm³/mol. The summed E-state index contributed by atoms with van der Waals surface area (Å²) >= 11 is 0. The molecule has 0 aliphatic heterocycles. The van der Waals surface area contributed by atoms with Crippen molar-refractivity contribution < 1.29 is 19.1 Å². The lowest BCUT2D eigenvalue weighted by atomic mass is 10.3. The van der Waals surface area contributed by atoms with Gasteiger partial charge in [-0.2, -0.15) is 0 Å². The summed E-state index contributed by atoms with van der Waals surface area (Å²) in [5, 5.41) is 2.64. The molecular formula is C9H13NO4. The fourth-order valence-electron chi connectivity index (χ4n) is 0.704. The number of methoxy groups -OCH3 is 2. The summed E-state index contributed by atoms with van der Waals surface area (Å²) in [5.41, 5.74) is 0.374. The van der Waals surface area contributed by atoms with E-state index in [-0.39, 0.29) is 6.42 Å². The van der Waals surface area contributed by atoms with E-state index in [9.17, 15) is 9.59 Å². The van der Waals surface area contributed by atoms with Crippen LogP contribution in [0.1, 0.15) is 6.42 Å². The van der Waals surface area contributed by atoms with Crippen molar-refractivity contribution in [3.8, 4) is 0 Å². The summed E-state index contributed by atoms with van der Waals surface area (Å²) in [6.07, 6.45) is 2.49. The van der Waals surface area contributed by atoms with Gasteiger partial charge in [-0.15, -0.1) is 0 Å². The van der Waals surface area contributed by atoms with E-state index >= 15 is 0 Å². The van der Waals surface area contributed by atoms with Gasteiger partial charge in [-0.05, 0) is 6.20 Å². The molecule has 0 spiro atoms. The predicted octanol–water partition coefficient (Wildman–Crippen LogP) is 0.339. The number of ether oxygens (including phenoxy) is 2. The second-order valence-corrected chi connectivity index (χ2v) is 2.29. The van der Waals surface area contributed by atoms with Crippen molar-refractivity contribution in [2.24, 2.45) is 0 Å². The molecule has 0 heterocycles. The van der Waals surface area contributed by atoms with E-state index in [4.69, 9.17) is 0 Å². The molecule has 0 amide bonds. The van der Waals surface area contributed by atoms with Crippen molar-refractivity contribution in [3.05, 3.63) is 24.6 Å². The third kappa shape index (κ3) is 4.97. The Morgan fingerprint density at radius 2 is 2.00 bits per heavy atom. The van der Waals surface area contributed by atoms with Crippen LogP contribution in [0.4, 0.5) is 0 Å². The first-order valence-electron chi connectivity index (χ1n) is 3.86. The maximum absolute atomic E-state index is 10.9. The maximum atomic E-state index is 10.9. The minimum Gasteiger partial charge on any atom is -0.469 e. The zero-order chi connectivity index (χ0) is 11.0. The summed E-state index contributed by atoms with van der Waals surface area (Å²) in [4.78, 5) is 21.7. The second-order valence-electron chi connectivity index (χ2n) is 2.29. The largest absolute Gasteiger partial charge is 0.469 e. The van der Waals surface area contributed by atoms with E-state index in [0.717, 1.165) is 0 Å². The first kappa shape index (κ1) is 12.2. The van der Waals surface area contributed by atoms with Crippen LogP contribution in [0.2, 0.25) is 0 Å². The summed E-state index contributed by atoms with van der Waals surface area (Å²) < 4.78 is 8.84. The highest BCUT2D eigenvalue weighted by Crippen LogP contribution is 1.99.